The van der Waals surface area contributed by atoms with Gasteiger partial charge in [-0.3, -0.25) is 0 Å². The van der Waals surface area contributed by atoms with Gasteiger partial charge in [-0.15, -0.1) is 0 Å². The quantitative estimate of drug-likeness (QED) is 0.844. The summed E-state index contributed by atoms with van der Waals surface area (Å²) in [5.74, 6) is -0.148. The SMILES string of the molecule is CS(=O)(=O)N(Cc1ccccc1O)S(C)(=O)=O. The van der Waals surface area contributed by atoms with Gasteiger partial charge < -0.3 is 5.11 Å². The van der Waals surface area contributed by atoms with Crippen molar-refractivity contribution in [3.63, 3.8) is 0 Å². The second-order valence-corrected chi connectivity index (χ2v) is 7.63. The third kappa shape index (κ3) is 3.69. The van der Waals surface area contributed by atoms with Gasteiger partial charge in [0.15, 0.2) is 0 Å². The Kier molecular flexibility index (Phi) is 3.80. The number of phenols is 1. The zero-order valence-electron chi connectivity index (χ0n) is 9.36. The lowest BCUT2D eigenvalue weighted by molar-refractivity contribution is 0.455. The van der Waals surface area contributed by atoms with E-state index in [1.54, 1.807) is 12.1 Å². The van der Waals surface area contributed by atoms with Gasteiger partial charge in [-0.1, -0.05) is 21.9 Å². The van der Waals surface area contributed by atoms with E-state index < -0.39 is 26.6 Å². The molecule has 0 heterocycles. The molecule has 0 aromatic heterocycles. The van der Waals surface area contributed by atoms with E-state index in [4.69, 9.17) is 0 Å². The highest BCUT2D eigenvalue weighted by molar-refractivity contribution is 8.03. The maximum absolute atomic E-state index is 11.4. The highest BCUT2D eigenvalue weighted by atomic mass is 32.3. The first-order valence-electron chi connectivity index (χ1n) is 4.57. The molecule has 0 saturated heterocycles. The van der Waals surface area contributed by atoms with Crippen LogP contribution in [-0.2, 0) is 26.6 Å². The summed E-state index contributed by atoms with van der Waals surface area (Å²) >= 11 is 0. The molecule has 17 heavy (non-hydrogen) atoms. The van der Waals surface area contributed by atoms with E-state index in [-0.39, 0.29) is 11.3 Å². The van der Waals surface area contributed by atoms with Gasteiger partial charge in [0.25, 0.3) is 0 Å². The number of rotatable bonds is 4. The van der Waals surface area contributed by atoms with Gasteiger partial charge in [-0.25, -0.2) is 16.8 Å². The molecule has 0 amide bonds. The Balaban J connectivity index is 3.19. The van der Waals surface area contributed by atoms with E-state index in [2.05, 4.69) is 0 Å². The molecule has 0 aliphatic heterocycles. The fourth-order valence-electron chi connectivity index (χ4n) is 1.26. The van der Waals surface area contributed by atoms with Gasteiger partial charge in [0.05, 0.1) is 19.1 Å². The first kappa shape index (κ1) is 13.9. The molecule has 8 heteroatoms. The predicted molar refractivity (Wildman–Crippen MR) is 63.3 cm³/mol. The Morgan fingerprint density at radius 3 is 1.94 bits per heavy atom. The van der Waals surface area contributed by atoms with Crippen LogP contribution in [0.25, 0.3) is 0 Å². The van der Waals surface area contributed by atoms with Gasteiger partial charge >= 0.3 is 0 Å². The van der Waals surface area contributed by atoms with Crippen LogP contribution in [-0.4, -0.2) is 38.2 Å². The Morgan fingerprint density at radius 2 is 1.53 bits per heavy atom. The topological polar surface area (TPSA) is 91.8 Å². The number of benzene rings is 1. The molecule has 0 atom stereocenters. The van der Waals surface area contributed by atoms with Crippen molar-refractivity contribution in [2.45, 2.75) is 6.54 Å². The van der Waals surface area contributed by atoms with E-state index in [0.717, 1.165) is 12.5 Å². The molecule has 0 radical (unpaired) electrons. The van der Waals surface area contributed by atoms with Crippen molar-refractivity contribution >= 4 is 20.0 Å². The van der Waals surface area contributed by atoms with E-state index >= 15 is 0 Å². The van der Waals surface area contributed by atoms with Gasteiger partial charge in [0, 0.05) is 5.56 Å². The minimum Gasteiger partial charge on any atom is -0.508 e. The number of nitrogens with zero attached hydrogens (tertiary/aromatic N) is 1. The van der Waals surface area contributed by atoms with Crippen LogP contribution >= 0.6 is 0 Å². The lowest BCUT2D eigenvalue weighted by Gasteiger charge is -2.17. The van der Waals surface area contributed by atoms with Crippen molar-refractivity contribution in [3.8, 4) is 5.75 Å². The molecule has 0 unspecified atom stereocenters. The van der Waals surface area contributed by atoms with Crippen molar-refractivity contribution in [3.05, 3.63) is 29.8 Å². The number of aromatic hydroxyl groups is 1. The molecule has 96 valence electrons. The van der Waals surface area contributed by atoms with Crippen LogP contribution in [0.1, 0.15) is 5.56 Å². The Hall–Kier alpha value is -1.12. The average molecular weight is 279 g/mol. The lowest BCUT2D eigenvalue weighted by atomic mass is 10.2. The lowest BCUT2D eigenvalue weighted by Crippen LogP contribution is -2.34. The number of hydrogen-bond donors (Lipinski definition) is 1. The highest BCUT2D eigenvalue weighted by Gasteiger charge is 2.27. The van der Waals surface area contributed by atoms with Crippen LogP contribution in [0.2, 0.25) is 0 Å². The molecule has 1 N–H and O–H groups in total. The summed E-state index contributed by atoms with van der Waals surface area (Å²) in [5, 5.41) is 9.47. The normalized spacial score (nSPS) is 12.9. The predicted octanol–water partition coefficient (Wildman–Crippen LogP) is 0.113. The van der Waals surface area contributed by atoms with Gasteiger partial charge in [0.2, 0.25) is 20.0 Å². The van der Waals surface area contributed by atoms with Crippen LogP contribution < -0.4 is 0 Å². The number of sulfonamides is 2. The molecule has 0 fully saturated rings. The minimum atomic E-state index is -3.90. The standard InChI is InChI=1S/C9H13NO5S2/c1-16(12,13)10(17(2,14)15)7-8-5-3-4-6-9(8)11/h3-6,11H,7H2,1-2H3. The molecule has 0 aliphatic carbocycles. The monoisotopic (exact) mass is 279 g/mol. The number of phenolic OH excluding ortho intramolecular Hbond substituents is 1. The molecule has 0 spiro atoms. The van der Waals surface area contributed by atoms with E-state index in [1.807, 2.05) is 0 Å². The molecule has 0 saturated carbocycles. The van der Waals surface area contributed by atoms with Gasteiger partial charge in [-0.05, 0) is 6.07 Å². The van der Waals surface area contributed by atoms with Crippen LogP contribution in [0.15, 0.2) is 24.3 Å². The minimum absolute atomic E-state index is 0.148. The first-order valence-corrected chi connectivity index (χ1v) is 8.27. The van der Waals surface area contributed by atoms with Crippen molar-refractivity contribution in [2.75, 3.05) is 12.5 Å². The van der Waals surface area contributed by atoms with Gasteiger partial charge in [-0.2, -0.15) is 0 Å². The van der Waals surface area contributed by atoms with Crippen LogP contribution in [0.3, 0.4) is 0 Å². The van der Waals surface area contributed by atoms with E-state index in [1.165, 1.54) is 12.1 Å². The van der Waals surface area contributed by atoms with Crippen LogP contribution in [0.5, 0.6) is 5.75 Å². The Labute approximate surface area is 101 Å². The zero-order valence-corrected chi connectivity index (χ0v) is 11.0. The van der Waals surface area contributed by atoms with Crippen molar-refractivity contribution in [2.24, 2.45) is 0 Å². The highest BCUT2D eigenvalue weighted by Crippen LogP contribution is 2.20. The van der Waals surface area contributed by atoms with Crippen molar-refractivity contribution in [1.29, 1.82) is 0 Å². The third-order valence-electron chi connectivity index (χ3n) is 2.03. The zero-order chi connectivity index (χ0) is 13.3. The van der Waals surface area contributed by atoms with Crippen molar-refractivity contribution < 1.29 is 21.9 Å². The summed E-state index contributed by atoms with van der Waals surface area (Å²) in [4.78, 5) is 0. The van der Waals surface area contributed by atoms with E-state index in [0.29, 0.717) is 3.71 Å². The maximum atomic E-state index is 11.4. The van der Waals surface area contributed by atoms with Crippen molar-refractivity contribution in [1.82, 2.24) is 3.71 Å². The van der Waals surface area contributed by atoms with Gasteiger partial charge in [0.1, 0.15) is 5.75 Å². The maximum Gasteiger partial charge on any atom is 0.224 e. The largest absolute Gasteiger partial charge is 0.508 e. The van der Waals surface area contributed by atoms with Crippen LogP contribution in [0.4, 0.5) is 0 Å². The Morgan fingerprint density at radius 1 is 1.06 bits per heavy atom. The van der Waals surface area contributed by atoms with E-state index in [9.17, 15) is 21.9 Å². The summed E-state index contributed by atoms with van der Waals surface area (Å²) in [7, 11) is -7.81. The summed E-state index contributed by atoms with van der Waals surface area (Å²) in [6.45, 7) is -0.412. The average Bonchev–Trinajstić information content (AvgIpc) is 2.12. The summed E-state index contributed by atoms with van der Waals surface area (Å²) in [6.07, 6.45) is 1.60. The molecule has 1 aromatic rings. The second-order valence-electron chi connectivity index (χ2n) is 3.59. The molecule has 0 aliphatic rings. The molecule has 1 aromatic carbocycles. The smallest absolute Gasteiger partial charge is 0.224 e. The molecular weight excluding hydrogens is 266 g/mol. The third-order valence-corrected chi connectivity index (χ3v) is 5.39. The molecule has 6 nitrogen and oxygen atoms in total. The second kappa shape index (κ2) is 4.63. The summed E-state index contributed by atoms with van der Waals surface area (Å²) in [5.41, 5.74) is 0.225. The summed E-state index contributed by atoms with van der Waals surface area (Å²) < 4.78 is 45.8. The summed E-state index contributed by atoms with van der Waals surface area (Å²) in [6, 6.07) is 5.96. The number of hydrogen-bond acceptors (Lipinski definition) is 5. The Bertz CT molecular complexity index is 574. The van der Waals surface area contributed by atoms with Crippen LogP contribution in [0, 0.1) is 0 Å². The fraction of sp³-hybridized carbons (Fsp3) is 0.333. The molecular formula is C9H13NO5S2. The molecule has 1 rings (SSSR count). The first-order chi connectivity index (χ1) is 7.62. The fourth-order valence-corrected chi connectivity index (χ4v) is 3.98. The number of para-hydroxylation sites is 1. The molecule has 0 bridgehead atoms.